The van der Waals surface area contributed by atoms with Crippen molar-refractivity contribution in [1.29, 1.82) is 0 Å². The number of aromatic hydroxyl groups is 2. The highest BCUT2D eigenvalue weighted by Gasteiger charge is 2.57. The number of carbonyl (C=O) groups is 1. The number of fused-ring (bicyclic) bond motifs is 16. The van der Waals surface area contributed by atoms with Crippen LogP contribution in [0.1, 0.15) is 171 Å². The largest absolute Gasteiger partial charge is 0.508 e. The first kappa shape index (κ1) is 65.8. The Balaban J connectivity index is 1.04. The lowest BCUT2D eigenvalue weighted by atomic mass is 9.55. The van der Waals surface area contributed by atoms with Crippen LogP contribution in [-0.2, 0) is 50.9 Å². The molecular weight excluding hydrogens is 1260 g/mol. The van der Waals surface area contributed by atoms with Gasteiger partial charge in [0.05, 0.1) is 42.8 Å². The maximum absolute atomic E-state index is 14.1. The van der Waals surface area contributed by atoms with Gasteiger partial charge in [0.25, 0.3) is 0 Å². The third-order valence-electron chi connectivity index (χ3n) is 24.7. The predicted molar refractivity (Wildman–Crippen MR) is 388 cm³/mol. The molecule has 3 saturated carbocycles. The Kier molecular flexibility index (Phi) is 18.3. The zero-order valence-corrected chi connectivity index (χ0v) is 58.7. The molecule has 13 nitrogen and oxygen atoms in total. The molecule has 6 heterocycles. The van der Waals surface area contributed by atoms with Crippen molar-refractivity contribution in [3.63, 3.8) is 0 Å². The molecule has 5 aromatic carbocycles. The van der Waals surface area contributed by atoms with Crippen molar-refractivity contribution in [3.8, 4) is 63.6 Å². The number of phenols is 2. The van der Waals surface area contributed by atoms with E-state index in [0.717, 1.165) is 140 Å². The third-order valence-corrected chi connectivity index (χ3v) is 27.7. The quantitative estimate of drug-likeness (QED) is 0.0420. The van der Waals surface area contributed by atoms with Crippen molar-refractivity contribution in [2.45, 2.75) is 181 Å². The molecule has 5 aliphatic carbocycles. The molecule has 98 heavy (non-hydrogen) atoms. The molecule has 512 valence electrons. The zero-order valence-electron chi connectivity index (χ0n) is 57.1. The minimum Gasteiger partial charge on any atom is -0.508 e. The number of hydrogen-bond donors (Lipinski definition) is 7. The number of dihydropyridines is 1. The molecule has 5 aromatic rings. The smallest absolute Gasteiger partial charge is 0.302 e. The molecule has 11 bridgehead atoms. The molecule has 8 N–H and O–H groups in total. The summed E-state index contributed by atoms with van der Waals surface area (Å²) in [4.78, 5) is 13.6. The van der Waals surface area contributed by atoms with E-state index in [4.69, 9.17) is 29.4 Å². The molecule has 6 aliphatic heterocycles. The maximum Gasteiger partial charge on any atom is 0.302 e. The number of hydrogen-bond acceptors (Lipinski definition) is 15. The van der Waals surface area contributed by atoms with E-state index in [2.05, 4.69) is 132 Å². The fourth-order valence-electron chi connectivity index (χ4n) is 20.3. The lowest BCUT2D eigenvalue weighted by Gasteiger charge is -2.49. The van der Waals surface area contributed by atoms with Crippen molar-refractivity contribution in [1.82, 2.24) is 16.0 Å². The Morgan fingerprint density at radius 1 is 0.908 bits per heavy atom. The predicted octanol–water partition coefficient (Wildman–Crippen LogP) is 13.7. The number of aliphatic hydroxyl groups is 1. The SMILES string of the molecule is CCC1=CC2=C(C#C[C@@H]3C#C[C@H]4Cc5cccc(c5)C5(CCCCC5)[C@H]2[C@H]2CC[C@]5(Cc6cc(O)cc(OC)c6-c6ccc7c(c65)O[C@H](c5c6c(c(O)c(c53)CNC[C@H](CO)[C@@H]4COC)O[C@H]3[C@H](C=C6)N[C@@H]4CCC[C@@H](CSS[C@H]3Cc3ccccc3)C4)[C@H]7COC(C)=O)C2)NC1N. The first-order valence-electron chi connectivity index (χ1n) is 36.5. The Morgan fingerprint density at radius 2 is 1.78 bits per heavy atom. The summed E-state index contributed by atoms with van der Waals surface area (Å²) in [6.07, 6.45) is 20.3. The second-order valence-corrected chi connectivity index (χ2v) is 32.9. The number of rotatable bonds is 9. The molecule has 2 spiro atoms. The second kappa shape index (κ2) is 27.3. The number of methoxy groups -OCH3 is 2. The topological polar surface area (TPSA) is 186 Å². The van der Waals surface area contributed by atoms with Gasteiger partial charge in [-0.25, -0.2) is 0 Å². The van der Waals surface area contributed by atoms with Gasteiger partial charge >= 0.3 is 5.97 Å². The van der Waals surface area contributed by atoms with E-state index in [0.29, 0.717) is 60.1 Å². The summed E-state index contributed by atoms with van der Waals surface area (Å²) in [5.74, 6) is 16.9. The van der Waals surface area contributed by atoms with Crippen LogP contribution in [0.3, 0.4) is 0 Å². The van der Waals surface area contributed by atoms with Crippen LogP contribution in [0.4, 0.5) is 0 Å². The van der Waals surface area contributed by atoms with E-state index in [1.807, 2.05) is 27.7 Å². The Labute approximate surface area is 586 Å². The average Bonchev–Trinajstić information content (AvgIpc) is 1.49. The molecule has 15 heteroatoms. The van der Waals surface area contributed by atoms with Gasteiger partial charge in [-0.3, -0.25) is 4.79 Å². The first-order chi connectivity index (χ1) is 47.9. The molecule has 15 atom stereocenters. The fraction of sp³-hybridized carbons (Fsp3) is 0.506. The van der Waals surface area contributed by atoms with Crippen LogP contribution in [0.2, 0.25) is 0 Å². The van der Waals surface area contributed by atoms with Crippen LogP contribution in [0.25, 0.3) is 17.2 Å². The highest BCUT2D eigenvalue weighted by molar-refractivity contribution is 8.77. The number of nitrogens with two attached hydrogens (primary N) is 1. The van der Waals surface area contributed by atoms with Gasteiger partial charge in [0.2, 0.25) is 0 Å². The van der Waals surface area contributed by atoms with Crippen molar-refractivity contribution in [3.05, 3.63) is 163 Å². The van der Waals surface area contributed by atoms with Gasteiger partial charge in [-0.1, -0.05) is 157 Å². The van der Waals surface area contributed by atoms with Crippen LogP contribution in [0.15, 0.2) is 108 Å². The lowest BCUT2D eigenvalue weighted by molar-refractivity contribution is -0.141. The summed E-state index contributed by atoms with van der Waals surface area (Å²) < 4.78 is 35.1. The Hall–Kier alpha value is -6.79. The maximum atomic E-state index is 14.1. The number of benzene rings is 5. The molecular formula is C83H94N4O9S2. The van der Waals surface area contributed by atoms with Crippen LogP contribution < -0.4 is 35.9 Å². The Morgan fingerprint density at radius 3 is 2.59 bits per heavy atom. The highest BCUT2D eigenvalue weighted by Crippen LogP contribution is 2.66. The van der Waals surface area contributed by atoms with E-state index in [9.17, 15) is 20.1 Å². The van der Waals surface area contributed by atoms with Gasteiger partial charge in [-0.15, -0.1) is 0 Å². The summed E-state index contributed by atoms with van der Waals surface area (Å²) in [5.41, 5.74) is 21.2. The number of phenolic OH excluding ortho intramolecular Hbond substituents is 2. The highest BCUT2D eigenvalue weighted by atomic mass is 33.1. The average molecular weight is 1360 g/mol. The molecule has 4 fully saturated rings. The standard InChI is InChI=1S/C83H94N4O9S2/c1-5-51-37-63-67(87-81(51)84)26-22-52-20-21-53-32-49-16-12-18-57(33-49)83(29-10-7-11-30-83)74(63)54-28-31-82(39-54)40-55-36-59(90)38-69(93-4)71(55)61-24-23-60-66(45-94-47(2)89)77(95-78(60)75(61)82)73-62-25-27-68-80(96-79(62)76(91)64(72(52)73)42-85-41-56(43-88)65(53)44-92-3)70(35-48-14-8-6-9-15-48)98-97-46-50-17-13-19-58(34-50)86-68/h6,8-9,12,14-16,18,23-25,27,33,36-38,50,52-54,56,58,65-66,68,70,74,77,80-81,85-88,90-91H,5,7,10-11,13,17,19,28-32,34-35,39-46,84H2,1-4H3/t50-,52+,53+,54+,56-,58-,65-,66+,68+,70+,74+,77+,80+,81?,82-/m1/s1. The van der Waals surface area contributed by atoms with E-state index in [-0.39, 0.29) is 83.6 Å². The van der Waals surface area contributed by atoms with E-state index in [1.165, 1.54) is 35.6 Å². The molecule has 1 unspecified atom stereocenters. The number of carbonyl (C=O) groups excluding carboxylic acids is 1. The number of esters is 1. The first-order valence-corrected chi connectivity index (χ1v) is 38.9. The van der Waals surface area contributed by atoms with Crippen molar-refractivity contribution in [2.24, 2.45) is 41.2 Å². The van der Waals surface area contributed by atoms with Crippen molar-refractivity contribution < 1.29 is 43.8 Å². The number of nitrogens with one attached hydrogen (secondary N) is 3. The second-order valence-electron chi connectivity index (χ2n) is 30.3. The van der Waals surface area contributed by atoms with Gasteiger partial charge in [0.1, 0.15) is 42.0 Å². The van der Waals surface area contributed by atoms with Gasteiger partial charge in [-0.2, -0.15) is 0 Å². The van der Waals surface area contributed by atoms with Crippen LogP contribution in [-0.4, -0.2) is 97.2 Å². The summed E-state index contributed by atoms with van der Waals surface area (Å²) in [6.45, 7) is 4.49. The van der Waals surface area contributed by atoms with E-state index >= 15 is 0 Å². The molecule has 0 aromatic heterocycles. The van der Waals surface area contributed by atoms with Crippen molar-refractivity contribution in [2.75, 3.05) is 46.3 Å². The van der Waals surface area contributed by atoms with Crippen LogP contribution in [0, 0.1) is 59.2 Å². The number of aliphatic hydroxyl groups excluding tert-OH is 1. The third kappa shape index (κ3) is 11.7. The van der Waals surface area contributed by atoms with Gasteiger partial charge in [0.15, 0.2) is 11.5 Å². The molecule has 0 radical (unpaired) electrons. The van der Waals surface area contributed by atoms with Gasteiger partial charge in [0, 0.05) is 114 Å². The molecule has 16 rings (SSSR count). The zero-order chi connectivity index (χ0) is 67.0. The summed E-state index contributed by atoms with van der Waals surface area (Å²) in [6, 6.07) is 28.4. The van der Waals surface area contributed by atoms with E-state index in [1.54, 1.807) is 20.3 Å². The number of ether oxygens (including phenoxy) is 5. The van der Waals surface area contributed by atoms with Crippen LogP contribution in [0.5, 0.6) is 28.7 Å². The number of allylic oxidation sites excluding steroid dienone is 3. The van der Waals surface area contributed by atoms with Gasteiger partial charge in [-0.05, 0) is 151 Å². The lowest BCUT2D eigenvalue weighted by Crippen LogP contribution is -2.52. The van der Waals surface area contributed by atoms with Gasteiger partial charge < -0.3 is 60.7 Å². The Bertz CT molecular complexity index is 4160. The van der Waals surface area contributed by atoms with E-state index < -0.39 is 41.6 Å². The minimum absolute atomic E-state index is 0.00143. The van der Waals surface area contributed by atoms with Crippen LogP contribution >= 0.6 is 21.6 Å². The summed E-state index contributed by atoms with van der Waals surface area (Å²) in [7, 11) is 7.30. The molecule has 11 aliphatic rings. The molecule has 0 amide bonds. The minimum atomic E-state index is -0.881. The van der Waals surface area contributed by atoms with Crippen molar-refractivity contribution >= 4 is 33.6 Å². The summed E-state index contributed by atoms with van der Waals surface area (Å²) in [5, 5.41) is 49.5. The summed E-state index contributed by atoms with van der Waals surface area (Å²) >= 11 is 0. The normalized spacial score (nSPS) is 31.4. The fourth-order valence-corrected chi connectivity index (χ4v) is 23.5. The monoisotopic (exact) mass is 1350 g/mol. The molecule has 1 saturated heterocycles.